The molecule has 2 aromatic carbocycles. The largest absolute Gasteiger partial charge is 0.487 e. The summed E-state index contributed by atoms with van der Waals surface area (Å²) in [6.45, 7) is 2.24. The first-order valence-corrected chi connectivity index (χ1v) is 9.67. The van der Waals surface area contributed by atoms with Crippen LogP contribution in [0, 0.1) is 6.92 Å². The molecule has 3 rings (SSSR count). The number of furan rings is 1. The van der Waals surface area contributed by atoms with Gasteiger partial charge in [0.05, 0.1) is 15.2 Å². The Hall–Kier alpha value is -2.38. The van der Waals surface area contributed by atoms with Gasteiger partial charge in [-0.1, -0.05) is 30.3 Å². The maximum absolute atomic E-state index is 11.9. The molecule has 5 nitrogen and oxygen atoms in total. The van der Waals surface area contributed by atoms with Crippen LogP contribution in [-0.4, -0.2) is 12.1 Å². The fourth-order valence-electron chi connectivity index (χ4n) is 2.30. The second-order valence-electron chi connectivity index (χ2n) is 5.70. The van der Waals surface area contributed by atoms with Crippen LogP contribution in [0.3, 0.4) is 0 Å². The molecule has 0 unspecified atom stereocenters. The van der Waals surface area contributed by atoms with Crippen molar-refractivity contribution in [2.24, 2.45) is 5.10 Å². The molecule has 1 N–H and O–H groups in total. The number of halogens is 2. The summed E-state index contributed by atoms with van der Waals surface area (Å²) in [5.41, 5.74) is 4.31. The lowest BCUT2D eigenvalue weighted by Gasteiger charge is -2.11. The van der Waals surface area contributed by atoms with E-state index in [1.165, 1.54) is 0 Å². The summed E-state index contributed by atoms with van der Waals surface area (Å²) in [7, 11) is 0. The third-order valence-electron chi connectivity index (χ3n) is 3.59. The number of hydrogen-bond donors (Lipinski definition) is 1. The lowest BCUT2D eigenvalue weighted by atomic mass is 10.2. The third kappa shape index (κ3) is 5.30. The second kappa shape index (κ2) is 9.01. The highest BCUT2D eigenvalue weighted by Gasteiger charge is 2.10. The predicted molar refractivity (Wildman–Crippen MR) is 111 cm³/mol. The van der Waals surface area contributed by atoms with Crippen LogP contribution in [0.25, 0.3) is 0 Å². The number of hydrogen-bond acceptors (Lipinski definition) is 4. The van der Waals surface area contributed by atoms with Crippen molar-refractivity contribution in [3.63, 3.8) is 0 Å². The van der Waals surface area contributed by atoms with E-state index in [2.05, 4.69) is 42.4 Å². The van der Waals surface area contributed by atoms with Gasteiger partial charge in [0.25, 0.3) is 0 Å². The minimum absolute atomic E-state index is 0.219. The van der Waals surface area contributed by atoms with Crippen LogP contribution in [0.2, 0.25) is 0 Å². The first kappa shape index (κ1) is 19.4. The van der Waals surface area contributed by atoms with E-state index in [1.807, 2.05) is 42.5 Å². The molecule has 0 saturated carbocycles. The Labute approximate surface area is 173 Å². The van der Waals surface area contributed by atoms with E-state index in [1.54, 1.807) is 25.3 Å². The molecule has 7 heteroatoms. The first-order valence-electron chi connectivity index (χ1n) is 8.08. The van der Waals surface area contributed by atoms with Gasteiger partial charge < -0.3 is 9.15 Å². The van der Waals surface area contributed by atoms with Crippen molar-refractivity contribution in [3.05, 3.63) is 86.2 Å². The molecular weight excluding hydrogens is 476 g/mol. The number of aryl methyl sites for hydroxylation is 1. The molecule has 0 aliphatic carbocycles. The standard InChI is InChI=1S/C20H16Br2N2O3/c1-13-7-8-18(27-13)20(25)24-23-11-15-9-16(21)19(17(22)10-15)26-12-14-5-3-2-4-6-14/h2-11H,12H2,1H3,(H,24,25)/b23-11-. The number of carbonyl (C=O) groups excluding carboxylic acids is 1. The summed E-state index contributed by atoms with van der Waals surface area (Å²) in [6, 6.07) is 17.0. The molecule has 0 atom stereocenters. The average molecular weight is 492 g/mol. The van der Waals surface area contributed by atoms with Gasteiger partial charge in [0.2, 0.25) is 0 Å². The molecule has 0 radical (unpaired) electrons. The zero-order chi connectivity index (χ0) is 19.2. The number of rotatable bonds is 6. The molecule has 1 aromatic heterocycles. The summed E-state index contributed by atoms with van der Waals surface area (Å²) in [5, 5.41) is 3.97. The van der Waals surface area contributed by atoms with E-state index < -0.39 is 5.91 Å². The highest BCUT2D eigenvalue weighted by atomic mass is 79.9. The topological polar surface area (TPSA) is 63.8 Å². The Kier molecular flexibility index (Phi) is 6.47. The van der Waals surface area contributed by atoms with Gasteiger partial charge in [-0.25, -0.2) is 5.43 Å². The number of nitrogens with one attached hydrogen (secondary N) is 1. The normalized spacial score (nSPS) is 10.9. The average Bonchev–Trinajstić information content (AvgIpc) is 3.08. The zero-order valence-corrected chi connectivity index (χ0v) is 17.6. The van der Waals surface area contributed by atoms with Crippen LogP contribution in [-0.2, 0) is 6.61 Å². The lowest BCUT2D eigenvalue weighted by molar-refractivity contribution is 0.0926. The Balaban J connectivity index is 1.64. The first-order chi connectivity index (χ1) is 13.0. The molecule has 3 aromatic rings. The zero-order valence-electron chi connectivity index (χ0n) is 14.4. The number of amides is 1. The summed E-state index contributed by atoms with van der Waals surface area (Å²) in [6.07, 6.45) is 1.55. The minimum Gasteiger partial charge on any atom is -0.487 e. The van der Waals surface area contributed by atoms with E-state index in [0.29, 0.717) is 18.1 Å². The number of hydrazone groups is 1. The maximum Gasteiger partial charge on any atom is 0.307 e. The van der Waals surface area contributed by atoms with E-state index in [-0.39, 0.29) is 5.76 Å². The van der Waals surface area contributed by atoms with E-state index in [9.17, 15) is 4.79 Å². The van der Waals surface area contributed by atoms with Gasteiger partial charge in [-0.05, 0) is 74.2 Å². The number of ether oxygens (including phenoxy) is 1. The molecule has 0 aliphatic rings. The lowest BCUT2D eigenvalue weighted by Crippen LogP contribution is -2.16. The van der Waals surface area contributed by atoms with Crippen molar-refractivity contribution in [2.45, 2.75) is 13.5 Å². The molecule has 0 aliphatic heterocycles. The van der Waals surface area contributed by atoms with Crippen LogP contribution >= 0.6 is 31.9 Å². The SMILES string of the molecule is Cc1ccc(C(=O)N/N=C\c2cc(Br)c(OCc3ccccc3)c(Br)c2)o1. The van der Waals surface area contributed by atoms with Gasteiger partial charge in [-0.3, -0.25) is 4.79 Å². The maximum atomic E-state index is 11.9. The van der Waals surface area contributed by atoms with Crippen molar-refractivity contribution in [1.29, 1.82) is 0 Å². The summed E-state index contributed by atoms with van der Waals surface area (Å²) in [4.78, 5) is 11.9. The minimum atomic E-state index is -0.403. The molecule has 1 heterocycles. The van der Waals surface area contributed by atoms with Gasteiger partial charge in [0, 0.05) is 0 Å². The number of nitrogens with zero attached hydrogens (tertiary/aromatic N) is 1. The van der Waals surface area contributed by atoms with Crippen LogP contribution in [0.4, 0.5) is 0 Å². The van der Waals surface area contributed by atoms with E-state index in [4.69, 9.17) is 9.15 Å². The van der Waals surface area contributed by atoms with Crippen LogP contribution in [0.15, 0.2) is 73.1 Å². The van der Waals surface area contributed by atoms with E-state index in [0.717, 1.165) is 20.1 Å². The van der Waals surface area contributed by atoms with Gasteiger partial charge in [0.15, 0.2) is 5.76 Å². The van der Waals surface area contributed by atoms with Crippen LogP contribution in [0.1, 0.15) is 27.4 Å². The molecule has 0 saturated heterocycles. The third-order valence-corrected chi connectivity index (χ3v) is 4.77. The Morgan fingerprint density at radius 2 is 1.85 bits per heavy atom. The second-order valence-corrected chi connectivity index (χ2v) is 7.41. The van der Waals surface area contributed by atoms with Gasteiger partial charge in [-0.2, -0.15) is 5.10 Å². The number of benzene rings is 2. The Morgan fingerprint density at radius 3 is 2.48 bits per heavy atom. The van der Waals surface area contributed by atoms with E-state index >= 15 is 0 Å². The quantitative estimate of drug-likeness (QED) is 0.368. The monoisotopic (exact) mass is 490 g/mol. The van der Waals surface area contributed by atoms with Gasteiger partial charge in [-0.15, -0.1) is 0 Å². The molecular formula is C20H16Br2N2O3. The van der Waals surface area contributed by atoms with Crippen LogP contribution < -0.4 is 10.2 Å². The highest BCUT2D eigenvalue weighted by Crippen LogP contribution is 2.35. The van der Waals surface area contributed by atoms with Gasteiger partial charge >= 0.3 is 5.91 Å². The van der Waals surface area contributed by atoms with Gasteiger partial charge in [0.1, 0.15) is 18.1 Å². The van der Waals surface area contributed by atoms with Crippen molar-refractivity contribution in [1.82, 2.24) is 5.43 Å². The molecule has 27 heavy (non-hydrogen) atoms. The van der Waals surface area contributed by atoms with Crippen molar-refractivity contribution in [2.75, 3.05) is 0 Å². The van der Waals surface area contributed by atoms with Crippen molar-refractivity contribution >= 4 is 44.0 Å². The Bertz CT molecular complexity index is 945. The predicted octanol–water partition coefficient (Wildman–Crippen LogP) is 5.46. The fourth-order valence-corrected chi connectivity index (χ4v) is 3.75. The molecule has 138 valence electrons. The van der Waals surface area contributed by atoms with Crippen LogP contribution in [0.5, 0.6) is 5.75 Å². The number of carbonyl (C=O) groups is 1. The molecule has 1 amide bonds. The summed E-state index contributed by atoms with van der Waals surface area (Å²) < 4.78 is 12.7. The smallest absolute Gasteiger partial charge is 0.307 e. The summed E-state index contributed by atoms with van der Waals surface area (Å²) >= 11 is 7.03. The highest BCUT2D eigenvalue weighted by molar-refractivity contribution is 9.11. The fraction of sp³-hybridized carbons (Fsp3) is 0.100. The molecule has 0 spiro atoms. The summed E-state index contributed by atoms with van der Waals surface area (Å²) in [5.74, 6) is 1.19. The Morgan fingerprint density at radius 1 is 1.15 bits per heavy atom. The molecule has 0 bridgehead atoms. The van der Waals surface area contributed by atoms with Crippen molar-refractivity contribution in [3.8, 4) is 5.75 Å². The molecule has 0 fully saturated rings. The van der Waals surface area contributed by atoms with Crippen molar-refractivity contribution < 1.29 is 13.9 Å².